The van der Waals surface area contributed by atoms with E-state index in [2.05, 4.69) is 22.4 Å². The molecule has 4 nitrogen and oxygen atoms in total. The summed E-state index contributed by atoms with van der Waals surface area (Å²) in [5.41, 5.74) is 3.27. The number of aromatic nitrogens is 2. The number of hydrogen-bond acceptors (Lipinski definition) is 2. The molecular weight excluding hydrogens is 274 g/mol. The van der Waals surface area contributed by atoms with Crippen LogP contribution in [0.25, 0.3) is 11.0 Å². The fraction of sp³-hybridized carbons (Fsp3) is 0.222. The van der Waals surface area contributed by atoms with Crippen LogP contribution in [0.4, 0.5) is 0 Å². The van der Waals surface area contributed by atoms with E-state index in [-0.39, 0.29) is 5.91 Å². The molecule has 3 aromatic rings. The van der Waals surface area contributed by atoms with Gasteiger partial charge < -0.3 is 9.88 Å². The monoisotopic (exact) mass is 293 g/mol. The number of imidazole rings is 1. The van der Waals surface area contributed by atoms with Crippen molar-refractivity contribution in [2.45, 2.75) is 19.4 Å². The maximum atomic E-state index is 11.9. The number of aryl methyl sites for hydroxylation is 1. The van der Waals surface area contributed by atoms with Gasteiger partial charge in [-0.05, 0) is 24.1 Å². The lowest BCUT2D eigenvalue weighted by atomic mass is 10.1. The summed E-state index contributed by atoms with van der Waals surface area (Å²) in [4.78, 5) is 16.2. The maximum absolute atomic E-state index is 11.9. The lowest BCUT2D eigenvalue weighted by Gasteiger charge is -2.06. The molecule has 0 radical (unpaired) electrons. The van der Waals surface area contributed by atoms with Crippen LogP contribution in [0.3, 0.4) is 0 Å². The Kier molecular flexibility index (Phi) is 4.49. The number of carbonyl (C=O) groups is 1. The van der Waals surface area contributed by atoms with E-state index >= 15 is 0 Å². The first-order valence-corrected chi connectivity index (χ1v) is 7.53. The first kappa shape index (κ1) is 14.3. The number of amides is 1. The minimum absolute atomic E-state index is 0.0775. The molecule has 0 saturated heterocycles. The summed E-state index contributed by atoms with van der Waals surface area (Å²) in [6.07, 6.45) is 3.12. The molecule has 0 bridgehead atoms. The van der Waals surface area contributed by atoms with Gasteiger partial charge in [-0.25, -0.2) is 4.98 Å². The van der Waals surface area contributed by atoms with Gasteiger partial charge in [0.25, 0.3) is 0 Å². The molecule has 0 fully saturated rings. The highest BCUT2D eigenvalue weighted by Gasteiger charge is 2.05. The maximum Gasteiger partial charge on any atom is 0.221 e. The van der Waals surface area contributed by atoms with Gasteiger partial charge in [0.2, 0.25) is 5.91 Å². The Balaban J connectivity index is 1.46. The van der Waals surface area contributed by atoms with Gasteiger partial charge in [0.1, 0.15) is 0 Å². The van der Waals surface area contributed by atoms with Crippen LogP contribution in [0.1, 0.15) is 12.0 Å². The van der Waals surface area contributed by atoms with E-state index in [0.717, 1.165) is 17.5 Å². The van der Waals surface area contributed by atoms with Gasteiger partial charge in [0, 0.05) is 19.5 Å². The quantitative estimate of drug-likeness (QED) is 0.759. The lowest BCUT2D eigenvalue weighted by molar-refractivity contribution is -0.121. The zero-order chi connectivity index (χ0) is 15.2. The SMILES string of the molecule is O=C(CCn1cnc2ccccc21)NCCc1ccccc1. The Bertz CT molecular complexity index is 749. The van der Waals surface area contributed by atoms with Gasteiger partial charge in [-0.3, -0.25) is 4.79 Å². The second kappa shape index (κ2) is 6.89. The van der Waals surface area contributed by atoms with E-state index in [4.69, 9.17) is 0 Å². The van der Waals surface area contributed by atoms with Gasteiger partial charge >= 0.3 is 0 Å². The number of para-hydroxylation sites is 2. The van der Waals surface area contributed by atoms with Crippen molar-refractivity contribution in [3.63, 3.8) is 0 Å². The number of rotatable bonds is 6. The van der Waals surface area contributed by atoms with E-state index < -0.39 is 0 Å². The van der Waals surface area contributed by atoms with E-state index in [1.165, 1.54) is 5.56 Å². The molecule has 2 aromatic carbocycles. The minimum atomic E-state index is 0.0775. The van der Waals surface area contributed by atoms with Gasteiger partial charge in [0.05, 0.1) is 17.4 Å². The summed E-state index contributed by atoms with van der Waals surface area (Å²) < 4.78 is 2.02. The Hall–Kier alpha value is -2.62. The molecule has 0 spiro atoms. The van der Waals surface area contributed by atoms with Crippen molar-refractivity contribution < 1.29 is 4.79 Å². The molecule has 3 rings (SSSR count). The van der Waals surface area contributed by atoms with Crippen LogP contribution in [-0.4, -0.2) is 22.0 Å². The standard InChI is InChI=1S/C18H19N3O/c22-18(19-12-10-15-6-2-1-3-7-15)11-13-21-14-20-16-8-4-5-9-17(16)21/h1-9,14H,10-13H2,(H,19,22). The first-order chi connectivity index (χ1) is 10.8. The predicted octanol–water partition coefficient (Wildman–Crippen LogP) is 2.79. The fourth-order valence-corrected chi connectivity index (χ4v) is 2.49. The van der Waals surface area contributed by atoms with Crippen molar-refractivity contribution >= 4 is 16.9 Å². The number of nitrogens with one attached hydrogen (secondary N) is 1. The summed E-state index contributed by atoms with van der Waals surface area (Å²) >= 11 is 0. The van der Waals surface area contributed by atoms with E-state index in [1.54, 1.807) is 6.33 Å². The number of benzene rings is 2. The van der Waals surface area contributed by atoms with Crippen LogP contribution < -0.4 is 5.32 Å². The predicted molar refractivity (Wildman–Crippen MR) is 87.5 cm³/mol. The Labute approximate surface area is 129 Å². The number of fused-ring (bicyclic) bond motifs is 1. The van der Waals surface area contributed by atoms with Gasteiger partial charge in [-0.15, -0.1) is 0 Å². The van der Waals surface area contributed by atoms with E-state index in [0.29, 0.717) is 19.5 Å². The lowest BCUT2D eigenvalue weighted by Crippen LogP contribution is -2.26. The highest BCUT2D eigenvalue weighted by atomic mass is 16.1. The third-order valence-corrected chi connectivity index (χ3v) is 3.69. The van der Waals surface area contributed by atoms with Crippen LogP contribution in [0, 0.1) is 0 Å². The molecule has 0 unspecified atom stereocenters. The molecule has 112 valence electrons. The van der Waals surface area contributed by atoms with Crippen LogP contribution >= 0.6 is 0 Å². The second-order valence-corrected chi connectivity index (χ2v) is 5.26. The van der Waals surface area contributed by atoms with Crippen LogP contribution in [0.15, 0.2) is 60.9 Å². The smallest absolute Gasteiger partial charge is 0.221 e. The molecule has 0 saturated carbocycles. The molecule has 0 atom stereocenters. The molecular formula is C18H19N3O. The van der Waals surface area contributed by atoms with Crippen LogP contribution in [0.5, 0.6) is 0 Å². The van der Waals surface area contributed by atoms with Crippen molar-refractivity contribution in [1.82, 2.24) is 14.9 Å². The third kappa shape index (κ3) is 3.52. The van der Waals surface area contributed by atoms with Gasteiger partial charge in [-0.2, -0.15) is 0 Å². The summed E-state index contributed by atoms with van der Waals surface area (Å²) in [6, 6.07) is 18.1. The number of nitrogens with zero attached hydrogens (tertiary/aromatic N) is 2. The van der Waals surface area contributed by atoms with Gasteiger partial charge in [-0.1, -0.05) is 42.5 Å². The Morgan fingerprint density at radius 3 is 2.68 bits per heavy atom. The highest BCUT2D eigenvalue weighted by Crippen LogP contribution is 2.11. The molecule has 1 heterocycles. The number of hydrogen-bond donors (Lipinski definition) is 1. The molecule has 0 aliphatic carbocycles. The zero-order valence-corrected chi connectivity index (χ0v) is 12.4. The van der Waals surface area contributed by atoms with Gasteiger partial charge in [0.15, 0.2) is 0 Å². The molecule has 1 amide bonds. The summed E-state index contributed by atoms with van der Waals surface area (Å²) in [5.74, 6) is 0.0775. The largest absolute Gasteiger partial charge is 0.356 e. The topological polar surface area (TPSA) is 46.9 Å². The average molecular weight is 293 g/mol. The van der Waals surface area contributed by atoms with E-state index in [9.17, 15) is 4.79 Å². The van der Waals surface area contributed by atoms with Crippen LogP contribution in [-0.2, 0) is 17.8 Å². The molecule has 0 aliphatic rings. The van der Waals surface area contributed by atoms with Crippen molar-refractivity contribution in [3.8, 4) is 0 Å². The van der Waals surface area contributed by atoms with Crippen molar-refractivity contribution in [3.05, 3.63) is 66.5 Å². The van der Waals surface area contributed by atoms with Crippen molar-refractivity contribution in [2.24, 2.45) is 0 Å². The minimum Gasteiger partial charge on any atom is -0.356 e. The molecule has 4 heteroatoms. The van der Waals surface area contributed by atoms with Crippen molar-refractivity contribution in [2.75, 3.05) is 6.54 Å². The fourth-order valence-electron chi connectivity index (χ4n) is 2.49. The average Bonchev–Trinajstić information content (AvgIpc) is 2.97. The molecule has 0 aliphatic heterocycles. The highest BCUT2D eigenvalue weighted by molar-refractivity contribution is 5.77. The summed E-state index contributed by atoms with van der Waals surface area (Å²) in [5, 5.41) is 2.97. The van der Waals surface area contributed by atoms with E-state index in [1.807, 2.05) is 47.0 Å². The summed E-state index contributed by atoms with van der Waals surface area (Å²) in [6.45, 7) is 1.32. The normalized spacial score (nSPS) is 10.7. The third-order valence-electron chi connectivity index (χ3n) is 3.69. The molecule has 1 aromatic heterocycles. The van der Waals surface area contributed by atoms with Crippen LogP contribution in [0.2, 0.25) is 0 Å². The first-order valence-electron chi connectivity index (χ1n) is 7.53. The second-order valence-electron chi connectivity index (χ2n) is 5.26. The Morgan fingerprint density at radius 2 is 1.82 bits per heavy atom. The molecule has 1 N–H and O–H groups in total. The Morgan fingerprint density at radius 1 is 1.05 bits per heavy atom. The van der Waals surface area contributed by atoms with Crippen molar-refractivity contribution in [1.29, 1.82) is 0 Å². The summed E-state index contributed by atoms with van der Waals surface area (Å²) in [7, 11) is 0. The molecule has 22 heavy (non-hydrogen) atoms. The zero-order valence-electron chi connectivity index (χ0n) is 12.4. The number of carbonyl (C=O) groups excluding carboxylic acids is 1.